The number of hydrogen-bond acceptors (Lipinski definition) is 4. The van der Waals surface area contributed by atoms with Crippen molar-refractivity contribution in [2.45, 2.75) is 18.4 Å². The van der Waals surface area contributed by atoms with Gasteiger partial charge in [0, 0.05) is 5.69 Å². The molecule has 17 heavy (non-hydrogen) atoms. The van der Waals surface area contributed by atoms with E-state index in [0.29, 0.717) is 0 Å². The Labute approximate surface area is 105 Å². The van der Waals surface area contributed by atoms with Crippen LogP contribution in [0.2, 0.25) is 0 Å². The number of aliphatic hydroxyl groups excluding tert-OH is 1. The number of hydrogen-bond donors (Lipinski definition) is 1. The molecule has 4 nitrogen and oxygen atoms in total. The molecule has 1 heterocycles. The SMILES string of the molecule is CCS[C@@H]1[C@@H](O)C(=O)N1c1ccc(OC)cc1. The van der Waals surface area contributed by atoms with Crippen LogP contribution in [0.1, 0.15) is 6.92 Å². The first-order chi connectivity index (χ1) is 8.19. The highest BCUT2D eigenvalue weighted by molar-refractivity contribution is 8.00. The van der Waals surface area contributed by atoms with E-state index in [1.807, 2.05) is 19.1 Å². The van der Waals surface area contributed by atoms with Crippen molar-refractivity contribution in [3.63, 3.8) is 0 Å². The molecular weight excluding hydrogens is 238 g/mol. The van der Waals surface area contributed by atoms with Gasteiger partial charge in [-0.2, -0.15) is 0 Å². The molecule has 0 unspecified atom stereocenters. The minimum Gasteiger partial charge on any atom is -0.497 e. The van der Waals surface area contributed by atoms with Crippen LogP contribution in [0, 0.1) is 0 Å². The fourth-order valence-corrected chi connectivity index (χ4v) is 2.82. The number of rotatable bonds is 4. The van der Waals surface area contributed by atoms with Crippen LogP contribution in [0.15, 0.2) is 24.3 Å². The van der Waals surface area contributed by atoms with E-state index in [-0.39, 0.29) is 11.3 Å². The van der Waals surface area contributed by atoms with Gasteiger partial charge in [-0.3, -0.25) is 9.69 Å². The summed E-state index contributed by atoms with van der Waals surface area (Å²) < 4.78 is 5.06. The second kappa shape index (κ2) is 4.98. The van der Waals surface area contributed by atoms with Crippen molar-refractivity contribution < 1.29 is 14.6 Å². The lowest BCUT2D eigenvalue weighted by molar-refractivity contribution is -0.133. The fourth-order valence-electron chi connectivity index (χ4n) is 1.80. The smallest absolute Gasteiger partial charge is 0.259 e. The Balaban J connectivity index is 2.17. The van der Waals surface area contributed by atoms with E-state index in [2.05, 4.69) is 0 Å². The zero-order valence-electron chi connectivity index (χ0n) is 9.79. The van der Waals surface area contributed by atoms with Crippen LogP contribution in [0.3, 0.4) is 0 Å². The van der Waals surface area contributed by atoms with Gasteiger partial charge < -0.3 is 9.84 Å². The predicted octanol–water partition coefficient (Wildman–Crippen LogP) is 1.48. The first kappa shape index (κ1) is 12.3. The van der Waals surface area contributed by atoms with Crippen LogP contribution in [0.4, 0.5) is 5.69 Å². The first-order valence-electron chi connectivity index (χ1n) is 5.45. The summed E-state index contributed by atoms with van der Waals surface area (Å²) in [6.07, 6.45) is -0.873. The molecule has 1 aliphatic rings. The Morgan fingerprint density at radius 2 is 2.06 bits per heavy atom. The summed E-state index contributed by atoms with van der Waals surface area (Å²) in [4.78, 5) is 13.3. The lowest BCUT2D eigenvalue weighted by Crippen LogP contribution is -2.63. The molecule has 5 heteroatoms. The standard InChI is InChI=1S/C12H15NO3S/c1-3-17-12-10(14)11(15)13(12)8-4-6-9(16-2)7-5-8/h4-7,10,12,14H,3H2,1-2H3/t10-,12+/m0/s1. The molecule has 0 radical (unpaired) electrons. The van der Waals surface area contributed by atoms with Crippen molar-refractivity contribution in [1.82, 2.24) is 0 Å². The predicted molar refractivity (Wildman–Crippen MR) is 68.4 cm³/mol. The second-order valence-electron chi connectivity index (χ2n) is 3.70. The summed E-state index contributed by atoms with van der Waals surface area (Å²) in [5, 5.41) is 9.44. The summed E-state index contributed by atoms with van der Waals surface area (Å²) in [5.41, 5.74) is 0.798. The van der Waals surface area contributed by atoms with Gasteiger partial charge >= 0.3 is 0 Å². The molecule has 1 N–H and O–H groups in total. The zero-order chi connectivity index (χ0) is 12.4. The highest BCUT2D eigenvalue weighted by Crippen LogP contribution is 2.35. The first-order valence-corrected chi connectivity index (χ1v) is 6.50. The summed E-state index contributed by atoms with van der Waals surface area (Å²) in [5.74, 6) is 1.38. The summed E-state index contributed by atoms with van der Waals surface area (Å²) in [7, 11) is 1.60. The lowest BCUT2D eigenvalue weighted by Gasteiger charge is -2.43. The molecule has 0 aromatic heterocycles. The number of methoxy groups -OCH3 is 1. The molecule has 92 valence electrons. The average Bonchev–Trinajstić information content (AvgIpc) is 2.38. The molecule has 1 aromatic carbocycles. The highest BCUT2D eigenvalue weighted by atomic mass is 32.2. The van der Waals surface area contributed by atoms with Gasteiger partial charge in [0.05, 0.1) is 7.11 Å². The van der Waals surface area contributed by atoms with Crippen molar-refractivity contribution in [3.8, 4) is 5.75 Å². The van der Waals surface area contributed by atoms with Gasteiger partial charge in [0.15, 0.2) is 6.10 Å². The number of ether oxygens (including phenoxy) is 1. The Morgan fingerprint density at radius 1 is 1.41 bits per heavy atom. The summed E-state index contributed by atoms with van der Waals surface area (Å²) in [6, 6.07) is 7.26. The van der Waals surface area contributed by atoms with E-state index in [0.717, 1.165) is 17.2 Å². The van der Waals surface area contributed by atoms with Crippen molar-refractivity contribution in [3.05, 3.63) is 24.3 Å². The number of β-lactam (4-membered cyclic amide) rings is 1. The van der Waals surface area contributed by atoms with E-state index in [4.69, 9.17) is 4.74 Å². The van der Waals surface area contributed by atoms with Gasteiger partial charge in [0.1, 0.15) is 11.1 Å². The molecule has 0 saturated carbocycles. The largest absolute Gasteiger partial charge is 0.497 e. The molecule has 1 saturated heterocycles. The van der Waals surface area contributed by atoms with Gasteiger partial charge in [-0.1, -0.05) is 6.92 Å². The third-order valence-corrected chi connectivity index (χ3v) is 3.85. The van der Waals surface area contributed by atoms with Crippen molar-refractivity contribution >= 4 is 23.4 Å². The Morgan fingerprint density at radius 3 is 2.59 bits per heavy atom. The summed E-state index contributed by atoms with van der Waals surface area (Å²) in [6.45, 7) is 2.01. The maximum atomic E-state index is 11.6. The third kappa shape index (κ3) is 2.12. The van der Waals surface area contributed by atoms with Crippen LogP contribution in [-0.2, 0) is 4.79 Å². The van der Waals surface area contributed by atoms with Crippen molar-refractivity contribution in [1.29, 1.82) is 0 Å². The van der Waals surface area contributed by atoms with Crippen LogP contribution in [0.25, 0.3) is 0 Å². The Kier molecular flexibility index (Phi) is 3.59. The normalized spacial score (nSPS) is 23.5. The van der Waals surface area contributed by atoms with E-state index >= 15 is 0 Å². The summed E-state index contributed by atoms with van der Waals surface area (Å²) >= 11 is 1.57. The quantitative estimate of drug-likeness (QED) is 0.826. The molecule has 1 aromatic rings. The molecule has 1 amide bonds. The maximum Gasteiger partial charge on any atom is 0.259 e. The van der Waals surface area contributed by atoms with Gasteiger partial charge in [0.25, 0.3) is 5.91 Å². The molecule has 1 fully saturated rings. The van der Waals surface area contributed by atoms with Crippen LogP contribution >= 0.6 is 11.8 Å². The lowest BCUT2D eigenvalue weighted by atomic mass is 10.1. The molecular formula is C12H15NO3S. The fraction of sp³-hybridized carbons (Fsp3) is 0.417. The van der Waals surface area contributed by atoms with Gasteiger partial charge in [-0.05, 0) is 30.0 Å². The molecule has 2 atom stereocenters. The number of carbonyl (C=O) groups is 1. The van der Waals surface area contributed by atoms with E-state index in [9.17, 15) is 9.90 Å². The third-order valence-electron chi connectivity index (χ3n) is 2.70. The van der Waals surface area contributed by atoms with E-state index < -0.39 is 6.10 Å². The molecule has 0 spiro atoms. The molecule has 2 rings (SSSR count). The second-order valence-corrected chi connectivity index (χ2v) is 5.09. The minimum atomic E-state index is -0.873. The van der Waals surface area contributed by atoms with Crippen molar-refractivity contribution in [2.75, 3.05) is 17.8 Å². The van der Waals surface area contributed by atoms with Gasteiger partial charge in [-0.25, -0.2) is 0 Å². The number of benzene rings is 1. The van der Waals surface area contributed by atoms with Gasteiger partial charge in [0.2, 0.25) is 0 Å². The van der Waals surface area contributed by atoms with Crippen LogP contribution in [-0.4, -0.2) is 35.4 Å². The highest BCUT2D eigenvalue weighted by Gasteiger charge is 2.47. The number of carbonyl (C=O) groups excluding carboxylic acids is 1. The number of amides is 1. The van der Waals surface area contributed by atoms with Gasteiger partial charge in [-0.15, -0.1) is 11.8 Å². The minimum absolute atomic E-state index is 0.166. The van der Waals surface area contributed by atoms with E-state index in [1.54, 1.807) is 35.9 Å². The molecule has 0 aliphatic carbocycles. The zero-order valence-corrected chi connectivity index (χ0v) is 10.6. The molecule has 1 aliphatic heterocycles. The molecule has 0 bridgehead atoms. The average molecular weight is 253 g/mol. The monoisotopic (exact) mass is 253 g/mol. The maximum absolute atomic E-state index is 11.6. The number of anilines is 1. The Hall–Kier alpha value is -1.20. The van der Waals surface area contributed by atoms with Crippen LogP contribution in [0.5, 0.6) is 5.75 Å². The van der Waals surface area contributed by atoms with Crippen LogP contribution < -0.4 is 9.64 Å². The van der Waals surface area contributed by atoms with E-state index in [1.165, 1.54) is 0 Å². The number of aliphatic hydroxyl groups is 1. The number of nitrogens with zero attached hydrogens (tertiary/aromatic N) is 1. The van der Waals surface area contributed by atoms with Crippen molar-refractivity contribution in [2.24, 2.45) is 0 Å². The Bertz CT molecular complexity index is 407. The number of thioether (sulfide) groups is 1. The topological polar surface area (TPSA) is 49.8 Å².